The Balaban J connectivity index is 1.64. The molecule has 3 unspecified atom stereocenters. The molecule has 2 aromatic heterocycles. The summed E-state index contributed by atoms with van der Waals surface area (Å²) in [6.07, 6.45) is -2.76. The Bertz CT molecular complexity index is 1530. The first-order valence-corrected chi connectivity index (χ1v) is 13.7. The Hall–Kier alpha value is -2.48. The van der Waals surface area contributed by atoms with Gasteiger partial charge in [0.05, 0.1) is 16.1 Å². The number of benzene rings is 2. The van der Waals surface area contributed by atoms with Crippen molar-refractivity contribution >= 4 is 51.0 Å². The van der Waals surface area contributed by atoms with Crippen molar-refractivity contribution < 1.29 is 13.2 Å². The van der Waals surface area contributed by atoms with E-state index in [1.54, 1.807) is 6.07 Å². The van der Waals surface area contributed by atoms with E-state index in [-0.39, 0.29) is 28.9 Å². The fraction of sp³-hybridized carbons (Fsp3) is 0.321. The van der Waals surface area contributed by atoms with Crippen LogP contribution in [0.1, 0.15) is 30.4 Å². The van der Waals surface area contributed by atoms with Gasteiger partial charge in [-0.05, 0) is 72.2 Å². The Morgan fingerprint density at radius 3 is 2.43 bits per heavy atom. The first-order chi connectivity index (χ1) is 17.5. The van der Waals surface area contributed by atoms with Crippen molar-refractivity contribution in [2.45, 2.75) is 49.7 Å². The Kier molecular flexibility index (Phi) is 7.07. The molecule has 2 N–H and O–H groups in total. The van der Waals surface area contributed by atoms with Gasteiger partial charge in [-0.25, -0.2) is 0 Å². The molecule has 0 radical (unpaired) electrons. The van der Waals surface area contributed by atoms with Crippen molar-refractivity contribution in [2.75, 3.05) is 5.73 Å². The summed E-state index contributed by atoms with van der Waals surface area (Å²) in [5, 5.41) is 1.85. The molecule has 1 fully saturated rings. The van der Waals surface area contributed by atoms with Crippen LogP contribution < -0.4 is 11.3 Å². The number of aromatic nitrogens is 1. The average molecular weight is 565 g/mol. The van der Waals surface area contributed by atoms with Crippen LogP contribution in [-0.4, -0.2) is 15.3 Å². The minimum atomic E-state index is -4.75. The molecule has 1 aliphatic carbocycles. The van der Waals surface area contributed by atoms with Gasteiger partial charge < -0.3 is 10.3 Å². The van der Waals surface area contributed by atoms with Gasteiger partial charge in [-0.15, -0.1) is 34.5 Å². The molecule has 1 saturated carbocycles. The van der Waals surface area contributed by atoms with Crippen LogP contribution in [0.4, 0.5) is 18.9 Å². The summed E-state index contributed by atoms with van der Waals surface area (Å²) in [6, 6.07) is 16.7. The lowest BCUT2D eigenvalue weighted by molar-refractivity contribution is -0.137. The highest BCUT2D eigenvalue weighted by atomic mass is 35.5. The molecule has 0 spiro atoms. The topological polar surface area (TPSA) is 48.0 Å². The number of pyridine rings is 1. The van der Waals surface area contributed by atoms with Crippen LogP contribution in [0.3, 0.4) is 0 Å². The largest absolute Gasteiger partial charge is 0.418 e. The third kappa shape index (κ3) is 5.01. The molecule has 9 heteroatoms. The highest BCUT2D eigenvalue weighted by Crippen LogP contribution is 2.41. The molecule has 37 heavy (non-hydrogen) atoms. The number of fused-ring (bicyclic) bond motifs is 1. The normalized spacial score (nSPS) is 20.4. The summed E-state index contributed by atoms with van der Waals surface area (Å²) in [5.74, 6) is -0.107. The summed E-state index contributed by atoms with van der Waals surface area (Å²) < 4.78 is 42.9. The van der Waals surface area contributed by atoms with Crippen molar-refractivity contribution in [3.8, 4) is 21.0 Å². The number of nitrogens with two attached hydrogens (primary N) is 1. The number of halogens is 5. The fourth-order valence-corrected chi connectivity index (χ4v) is 7.04. The smallest absolute Gasteiger partial charge is 0.394 e. The predicted octanol–water partition coefficient (Wildman–Crippen LogP) is 8.32. The van der Waals surface area contributed by atoms with Gasteiger partial charge in [0.15, 0.2) is 0 Å². The van der Waals surface area contributed by atoms with Crippen molar-refractivity contribution in [1.82, 2.24) is 4.57 Å². The zero-order chi connectivity index (χ0) is 26.5. The predicted molar refractivity (Wildman–Crippen MR) is 148 cm³/mol. The molecule has 2 heterocycles. The number of anilines is 1. The van der Waals surface area contributed by atoms with Crippen LogP contribution in [0, 0.1) is 12.8 Å². The molecule has 194 valence electrons. The van der Waals surface area contributed by atoms with Crippen molar-refractivity contribution in [3.63, 3.8) is 0 Å². The lowest BCUT2D eigenvalue weighted by Crippen LogP contribution is -2.35. The highest BCUT2D eigenvalue weighted by Gasteiger charge is 2.37. The van der Waals surface area contributed by atoms with E-state index < -0.39 is 23.0 Å². The third-order valence-corrected chi connectivity index (χ3v) is 9.24. The number of hydrogen-bond donors (Lipinski definition) is 1. The fourth-order valence-electron chi connectivity index (χ4n) is 5.14. The van der Waals surface area contributed by atoms with Crippen LogP contribution in [0.15, 0.2) is 59.4 Å². The molecule has 0 bridgehead atoms. The lowest BCUT2D eigenvalue weighted by atomic mass is 9.88. The number of alkyl halides is 5. The quantitative estimate of drug-likeness (QED) is 0.253. The molecule has 4 aromatic rings. The molecule has 0 saturated heterocycles. The standard InChI is InChI=1S/C28H25Cl2F3N2OS/c1-15-6-9-20(19-5-3-2-4-18(15)19)24-10-11-25(37-24)23-13-21(28(31,32)33)26(34)27(36)35(23)14-16-7-8-17(29)12-22(16)30/h2-6,9-11,13,16-17,22H,7-8,12,14,34H2,1H3. The number of hydrogen-bond acceptors (Lipinski definition) is 3. The van der Waals surface area contributed by atoms with E-state index in [1.165, 1.54) is 15.9 Å². The molecule has 3 nitrogen and oxygen atoms in total. The Morgan fingerprint density at radius 2 is 1.73 bits per heavy atom. The van der Waals surface area contributed by atoms with E-state index in [9.17, 15) is 18.0 Å². The molecular formula is C28H25Cl2F3N2OS. The van der Waals surface area contributed by atoms with Gasteiger partial charge in [-0.2, -0.15) is 13.2 Å². The maximum absolute atomic E-state index is 13.8. The number of nitrogen functional groups attached to an aromatic ring is 1. The number of nitrogens with zero attached hydrogens (tertiary/aromatic N) is 1. The molecule has 2 aromatic carbocycles. The third-order valence-electron chi connectivity index (χ3n) is 7.17. The SMILES string of the molecule is Cc1ccc(-c2ccc(-c3cc(C(F)(F)F)c(N)c(=O)n3CC3CCC(Cl)CC3Cl)s2)c2ccccc12. The molecule has 0 aliphatic heterocycles. The van der Waals surface area contributed by atoms with E-state index in [2.05, 4.69) is 0 Å². The minimum Gasteiger partial charge on any atom is -0.394 e. The maximum atomic E-state index is 13.8. The second kappa shape index (κ2) is 10.0. The van der Waals surface area contributed by atoms with Gasteiger partial charge in [-0.1, -0.05) is 36.4 Å². The zero-order valence-electron chi connectivity index (χ0n) is 20.0. The molecule has 1 aliphatic rings. The van der Waals surface area contributed by atoms with Gasteiger partial charge >= 0.3 is 6.18 Å². The van der Waals surface area contributed by atoms with Gasteiger partial charge in [-0.3, -0.25) is 4.79 Å². The second-order valence-electron chi connectivity index (χ2n) is 9.60. The van der Waals surface area contributed by atoms with Gasteiger partial charge in [0.2, 0.25) is 0 Å². The van der Waals surface area contributed by atoms with Crippen LogP contribution in [-0.2, 0) is 12.7 Å². The lowest BCUT2D eigenvalue weighted by Gasteiger charge is -2.31. The number of rotatable bonds is 4. The molecule has 3 atom stereocenters. The number of aryl methyl sites for hydroxylation is 1. The van der Waals surface area contributed by atoms with Crippen molar-refractivity contribution in [2.24, 2.45) is 5.92 Å². The van der Waals surface area contributed by atoms with Crippen LogP contribution in [0.25, 0.3) is 31.8 Å². The van der Waals surface area contributed by atoms with Crippen LogP contribution in [0.2, 0.25) is 0 Å². The van der Waals surface area contributed by atoms with E-state index in [0.29, 0.717) is 17.7 Å². The molecule has 5 rings (SSSR count). The Morgan fingerprint density at radius 1 is 1.03 bits per heavy atom. The van der Waals surface area contributed by atoms with Crippen LogP contribution >= 0.6 is 34.5 Å². The van der Waals surface area contributed by atoms with E-state index in [0.717, 1.165) is 39.3 Å². The second-order valence-corrected chi connectivity index (χ2v) is 11.9. The summed E-state index contributed by atoms with van der Waals surface area (Å²) in [6.45, 7) is 2.22. The van der Waals surface area contributed by atoms with Crippen LogP contribution in [0.5, 0.6) is 0 Å². The first kappa shape index (κ1) is 26.1. The molecule has 0 amide bonds. The van der Waals surface area contributed by atoms with Gasteiger partial charge in [0, 0.05) is 22.2 Å². The first-order valence-electron chi connectivity index (χ1n) is 12.0. The molecular weight excluding hydrogens is 540 g/mol. The highest BCUT2D eigenvalue weighted by molar-refractivity contribution is 7.18. The average Bonchev–Trinajstić information content (AvgIpc) is 3.33. The summed E-state index contributed by atoms with van der Waals surface area (Å²) in [4.78, 5) is 14.7. The summed E-state index contributed by atoms with van der Waals surface area (Å²) >= 11 is 14.2. The van der Waals surface area contributed by atoms with E-state index >= 15 is 0 Å². The zero-order valence-corrected chi connectivity index (χ0v) is 22.3. The number of thiophene rings is 1. The monoisotopic (exact) mass is 564 g/mol. The summed E-state index contributed by atoms with van der Waals surface area (Å²) in [7, 11) is 0. The Labute approximate surface area is 226 Å². The van der Waals surface area contributed by atoms with E-state index in [4.69, 9.17) is 28.9 Å². The maximum Gasteiger partial charge on any atom is 0.418 e. The summed E-state index contributed by atoms with van der Waals surface area (Å²) in [5.41, 5.74) is 5.30. The minimum absolute atomic E-state index is 0.0446. The van der Waals surface area contributed by atoms with Crippen molar-refractivity contribution in [3.05, 3.63) is 76.1 Å². The van der Waals surface area contributed by atoms with Gasteiger partial charge in [0.1, 0.15) is 5.69 Å². The van der Waals surface area contributed by atoms with E-state index in [1.807, 2.05) is 49.4 Å². The van der Waals surface area contributed by atoms with Gasteiger partial charge in [0.25, 0.3) is 5.56 Å². The van der Waals surface area contributed by atoms with Crippen molar-refractivity contribution in [1.29, 1.82) is 0 Å².